The van der Waals surface area contributed by atoms with E-state index >= 15 is 0 Å². The molecular weight excluding hydrogens is 210 g/mol. The lowest BCUT2D eigenvalue weighted by Crippen LogP contribution is -2.47. The minimum Gasteiger partial charge on any atom is -0.313 e. The molecule has 1 aliphatic heterocycles. The summed E-state index contributed by atoms with van der Waals surface area (Å²) in [5.41, 5.74) is 0. The van der Waals surface area contributed by atoms with E-state index in [9.17, 15) is 0 Å². The van der Waals surface area contributed by atoms with Gasteiger partial charge in [0.15, 0.2) is 0 Å². The van der Waals surface area contributed by atoms with Crippen LogP contribution in [0.4, 0.5) is 0 Å². The van der Waals surface area contributed by atoms with Crippen LogP contribution in [0.5, 0.6) is 0 Å². The van der Waals surface area contributed by atoms with E-state index in [4.69, 9.17) is 5.26 Å². The number of piperidine rings is 1. The van der Waals surface area contributed by atoms with Crippen molar-refractivity contribution in [1.82, 2.24) is 10.2 Å². The van der Waals surface area contributed by atoms with Crippen molar-refractivity contribution >= 4 is 0 Å². The Balaban J connectivity index is 2.24. The van der Waals surface area contributed by atoms with Gasteiger partial charge in [0.25, 0.3) is 0 Å². The molecule has 1 unspecified atom stereocenters. The predicted octanol–water partition coefficient (Wildman–Crippen LogP) is 2.53. The van der Waals surface area contributed by atoms with Crippen molar-refractivity contribution < 1.29 is 0 Å². The molecule has 1 saturated heterocycles. The Kier molecular flexibility index (Phi) is 7.23. The van der Waals surface area contributed by atoms with Crippen molar-refractivity contribution in [2.75, 3.05) is 19.6 Å². The van der Waals surface area contributed by atoms with Crippen molar-refractivity contribution in [2.24, 2.45) is 0 Å². The molecule has 1 atom stereocenters. The molecule has 0 aromatic rings. The van der Waals surface area contributed by atoms with Crippen molar-refractivity contribution in [3.8, 4) is 6.07 Å². The third-order valence-corrected chi connectivity index (χ3v) is 3.49. The number of likely N-dealkylation sites (tertiary alicyclic amines) is 1. The summed E-state index contributed by atoms with van der Waals surface area (Å²) in [6, 6.07) is 3.52. The highest BCUT2D eigenvalue weighted by Gasteiger charge is 2.21. The Hall–Kier alpha value is -0.590. The van der Waals surface area contributed by atoms with Crippen LogP contribution in [0.3, 0.4) is 0 Å². The highest BCUT2D eigenvalue weighted by molar-refractivity contribution is 4.79. The molecule has 0 aromatic heterocycles. The highest BCUT2D eigenvalue weighted by Crippen LogP contribution is 2.17. The molecule has 98 valence electrons. The first-order chi connectivity index (χ1) is 8.24. The molecule has 0 bridgehead atoms. The topological polar surface area (TPSA) is 39.1 Å². The van der Waals surface area contributed by atoms with Crippen LogP contribution in [-0.4, -0.2) is 36.6 Å². The van der Waals surface area contributed by atoms with E-state index in [1.165, 1.54) is 38.8 Å². The zero-order chi connectivity index (χ0) is 12.5. The molecule has 1 aliphatic rings. The number of hydrogen-bond acceptors (Lipinski definition) is 3. The molecule has 17 heavy (non-hydrogen) atoms. The molecule has 3 heteroatoms. The van der Waals surface area contributed by atoms with Crippen LogP contribution < -0.4 is 5.32 Å². The first-order valence-electron chi connectivity index (χ1n) is 7.08. The third kappa shape index (κ3) is 6.05. The van der Waals surface area contributed by atoms with Crippen LogP contribution in [0.15, 0.2) is 0 Å². The van der Waals surface area contributed by atoms with Crippen molar-refractivity contribution in [3.05, 3.63) is 0 Å². The van der Waals surface area contributed by atoms with Gasteiger partial charge in [-0.15, -0.1) is 0 Å². The van der Waals surface area contributed by atoms with Gasteiger partial charge in [-0.3, -0.25) is 4.90 Å². The first-order valence-corrected chi connectivity index (χ1v) is 7.08. The molecular formula is C14H27N3. The fraction of sp³-hybridized carbons (Fsp3) is 0.929. The van der Waals surface area contributed by atoms with Gasteiger partial charge in [-0.1, -0.05) is 20.3 Å². The molecule has 0 amide bonds. The molecule has 1 heterocycles. The van der Waals surface area contributed by atoms with E-state index in [2.05, 4.69) is 30.1 Å². The van der Waals surface area contributed by atoms with Crippen LogP contribution >= 0.6 is 0 Å². The Morgan fingerprint density at radius 2 is 2.18 bits per heavy atom. The Labute approximate surface area is 106 Å². The van der Waals surface area contributed by atoms with Crippen LogP contribution in [0, 0.1) is 11.3 Å². The SMILES string of the molecule is CC(C)NCC1CCCCN1CCCCC#N. The van der Waals surface area contributed by atoms with Crippen molar-refractivity contribution in [3.63, 3.8) is 0 Å². The number of nitriles is 1. The molecule has 0 aromatic carbocycles. The molecule has 1 N–H and O–H groups in total. The second kappa shape index (κ2) is 8.49. The number of rotatable bonds is 7. The van der Waals surface area contributed by atoms with Gasteiger partial charge in [-0.25, -0.2) is 0 Å². The lowest BCUT2D eigenvalue weighted by atomic mass is 10.0. The second-order valence-corrected chi connectivity index (χ2v) is 5.36. The fourth-order valence-corrected chi connectivity index (χ4v) is 2.48. The largest absolute Gasteiger partial charge is 0.313 e. The maximum atomic E-state index is 8.53. The summed E-state index contributed by atoms with van der Waals surface area (Å²) in [7, 11) is 0. The van der Waals surface area contributed by atoms with Crippen LogP contribution in [0.1, 0.15) is 52.4 Å². The molecule has 0 saturated carbocycles. The summed E-state index contributed by atoms with van der Waals surface area (Å²) >= 11 is 0. The zero-order valence-electron chi connectivity index (χ0n) is 11.4. The summed E-state index contributed by atoms with van der Waals surface area (Å²) in [5.74, 6) is 0. The van der Waals surface area contributed by atoms with Gasteiger partial charge in [-0.2, -0.15) is 5.26 Å². The molecule has 0 aliphatic carbocycles. The van der Waals surface area contributed by atoms with E-state index in [1.54, 1.807) is 0 Å². The summed E-state index contributed by atoms with van der Waals surface area (Å²) in [6.45, 7) is 7.96. The van der Waals surface area contributed by atoms with Crippen LogP contribution in [-0.2, 0) is 0 Å². The van der Waals surface area contributed by atoms with E-state index < -0.39 is 0 Å². The molecule has 3 nitrogen and oxygen atoms in total. The van der Waals surface area contributed by atoms with Gasteiger partial charge in [0.2, 0.25) is 0 Å². The van der Waals surface area contributed by atoms with Crippen molar-refractivity contribution in [2.45, 2.75) is 64.5 Å². The van der Waals surface area contributed by atoms with Crippen molar-refractivity contribution in [1.29, 1.82) is 5.26 Å². The average Bonchev–Trinajstić information content (AvgIpc) is 2.33. The van der Waals surface area contributed by atoms with Crippen LogP contribution in [0.2, 0.25) is 0 Å². The summed E-state index contributed by atoms with van der Waals surface area (Å²) in [6.07, 6.45) is 6.99. The van der Waals surface area contributed by atoms with Gasteiger partial charge < -0.3 is 5.32 Å². The molecule has 1 rings (SSSR count). The molecule has 0 spiro atoms. The van der Waals surface area contributed by atoms with E-state index in [0.717, 1.165) is 13.0 Å². The van der Waals surface area contributed by atoms with Gasteiger partial charge in [0.05, 0.1) is 6.07 Å². The minimum atomic E-state index is 0.581. The van der Waals surface area contributed by atoms with E-state index in [0.29, 0.717) is 18.5 Å². The lowest BCUT2D eigenvalue weighted by Gasteiger charge is -2.36. The van der Waals surface area contributed by atoms with E-state index in [1.807, 2.05) is 0 Å². The lowest BCUT2D eigenvalue weighted by molar-refractivity contribution is 0.141. The fourth-order valence-electron chi connectivity index (χ4n) is 2.48. The Morgan fingerprint density at radius 1 is 1.35 bits per heavy atom. The quantitative estimate of drug-likeness (QED) is 0.692. The number of unbranched alkanes of at least 4 members (excludes halogenated alkanes) is 2. The average molecular weight is 237 g/mol. The molecule has 1 fully saturated rings. The van der Waals surface area contributed by atoms with Gasteiger partial charge in [0.1, 0.15) is 0 Å². The summed E-state index contributed by atoms with van der Waals surface area (Å²) in [4.78, 5) is 2.62. The van der Waals surface area contributed by atoms with E-state index in [-0.39, 0.29) is 0 Å². The predicted molar refractivity (Wildman–Crippen MR) is 71.8 cm³/mol. The van der Waals surface area contributed by atoms with Crippen LogP contribution in [0.25, 0.3) is 0 Å². The summed E-state index contributed by atoms with van der Waals surface area (Å²) < 4.78 is 0. The number of hydrogen-bond donors (Lipinski definition) is 1. The van der Waals surface area contributed by atoms with Gasteiger partial charge >= 0.3 is 0 Å². The van der Waals surface area contributed by atoms with Gasteiger partial charge in [-0.05, 0) is 38.8 Å². The number of nitrogens with zero attached hydrogens (tertiary/aromatic N) is 2. The second-order valence-electron chi connectivity index (χ2n) is 5.36. The van der Waals surface area contributed by atoms with Gasteiger partial charge in [0, 0.05) is 25.0 Å². The normalized spacial score (nSPS) is 21.6. The molecule has 0 radical (unpaired) electrons. The standard InChI is InChI=1S/C14H27N3/c1-13(2)16-12-14-8-4-7-11-17(14)10-6-3-5-9-15/h13-14,16H,3-8,10-12H2,1-2H3. The monoisotopic (exact) mass is 237 g/mol. The Morgan fingerprint density at radius 3 is 2.88 bits per heavy atom. The smallest absolute Gasteiger partial charge is 0.0621 e. The maximum absolute atomic E-state index is 8.53. The highest BCUT2D eigenvalue weighted by atomic mass is 15.2. The number of nitrogens with one attached hydrogen (secondary N) is 1. The first kappa shape index (κ1) is 14.5. The maximum Gasteiger partial charge on any atom is 0.0621 e. The minimum absolute atomic E-state index is 0.581. The summed E-state index contributed by atoms with van der Waals surface area (Å²) in [5, 5.41) is 12.1. The third-order valence-electron chi connectivity index (χ3n) is 3.49. The Bertz CT molecular complexity index is 232. The zero-order valence-corrected chi connectivity index (χ0v) is 11.4.